The Morgan fingerprint density at radius 3 is 1.67 bits per heavy atom. The van der Waals surface area contributed by atoms with E-state index in [1.807, 2.05) is 12.1 Å². The SMILES string of the molecule is CCc1ccc(Oc2ccc(CC(C)(C)CC)cc2)cc1. The molecule has 0 aliphatic carbocycles. The van der Waals surface area contributed by atoms with Gasteiger partial charge in [0.2, 0.25) is 0 Å². The van der Waals surface area contributed by atoms with Crippen molar-refractivity contribution in [1.29, 1.82) is 0 Å². The second-order valence-corrected chi connectivity index (χ2v) is 6.44. The van der Waals surface area contributed by atoms with E-state index < -0.39 is 0 Å². The number of rotatable bonds is 6. The summed E-state index contributed by atoms with van der Waals surface area (Å²) in [4.78, 5) is 0. The van der Waals surface area contributed by atoms with Gasteiger partial charge in [0.05, 0.1) is 0 Å². The van der Waals surface area contributed by atoms with Crippen LogP contribution in [0.1, 0.15) is 45.2 Å². The highest BCUT2D eigenvalue weighted by Gasteiger charge is 2.15. The summed E-state index contributed by atoms with van der Waals surface area (Å²) in [5.41, 5.74) is 3.06. The van der Waals surface area contributed by atoms with Crippen LogP contribution in [0.2, 0.25) is 0 Å². The zero-order valence-electron chi connectivity index (χ0n) is 13.6. The normalized spacial score (nSPS) is 11.4. The maximum absolute atomic E-state index is 5.89. The molecule has 0 radical (unpaired) electrons. The summed E-state index contributed by atoms with van der Waals surface area (Å²) in [6, 6.07) is 16.8. The van der Waals surface area contributed by atoms with E-state index in [2.05, 4.69) is 64.1 Å². The molecule has 21 heavy (non-hydrogen) atoms. The van der Waals surface area contributed by atoms with Crippen molar-refractivity contribution in [3.8, 4) is 11.5 Å². The minimum absolute atomic E-state index is 0.359. The van der Waals surface area contributed by atoms with Crippen molar-refractivity contribution in [2.45, 2.75) is 47.0 Å². The lowest BCUT2D eigenvalue weighted by Crippen LogP contribution is -2.13. The Kier molecular flexibility index (Phi) is 5.06. The van der Waals surface area contributed by atoms with Crippen molar-refractivity contribution in [3.63, 3.8) is 0 Å². The van der Waals surface area contributed by atoms with Gasteiger partial charge in [0.25, 0.3) is 0 Å². The van der Waals surface area contributed by atoms with Crippen LogP contribution in [-0.2, 0) is 12.8 Å². The Bertz CT molecular complexity index is 549. The molecule has 1 nitrogen and oxygen atoms in total. The van der Waals surface area contributed by atoms with E-state index in [0.29, 0.717) is 5.41 Å². The van der Waals surface area contributed by atoms with Crippen LogP contribution in [-0.4, -0.2) is 0 Å². The fourth-order valence-electron chi connectivity index (χ4n) is 2.28. The molecule has 0 atom stereocenters. The van der Waals surface area contributed by atoms with Gasteiger partial charge in [-0.1, -0.05) is 58.4 Å². The van der Waals surface area contributed by atoms with Crippen molar-refractivity contribution in [3.05, 3.63) is 59.7 Å². The zero-order chi connectivity index (χ0) is 15.3. The smallest absolute Gasteiger partial charge is 0.127 e. The Balaban J connectivity index is 2.01. The molecule has 0 aromatic heterocycles. The Morgan fingerprint density at radius 1 is 0.762 bits per heavy atom. The van der Waals surface area contributed by atoms with E-state index >= 15 is 0 Å². The third kappa shape index (κ3) is 4.63. The summed E-state index contributed by atoms with van der Waals surface area (Å²) < 4.78 is 5.89. The maximum atomic E-state index is 5.89. The van der Waals surface area contributed by atoms with Crippen molar-refractivity contribution >= 4 is 0 Å². The highest BCUT2D eigenvalue weighted by Crippen LogP contribution is 2.27. The van der Waals surface area contributed by atoms with Gasteiger partial charge in [-0.05, 0) is 53.6 Å². The molecule has 112 valence electrons. The molecule has 0 N–H and O–H groups in total. The molecular formula is C20H26O. The fraction of sp³-hybridized carbons (Fsp3) is 0.400. The molecule has 0 amide bonds. The number of aryl methyl sites for hydroxylation is 1. The van der Waals surface area contributed by atoms with Gasteiger partial charge in [-0.3, -0.25) is 0 Å². The van der Waals surface area contributed by atoms with Crippen molar-refractivity contribution < 1.29 is 4.74 Å². The van der Waals surface area contributed by atoms with Crippen molar-refractivity contribution in [1.82, 2.24) is 0 Å². The van der Waals surface area contributed by atoms with Gasteiger partial charge in [-0.15, -0.1) is 0 Å². The first-order valence-electron chi connectivity index (χ1n) is 7.88. The first kappa shape index (κ1) is 15.6. The quantitative estimate of drug-likeness (QED) is 0.629. The van der Waals surface area contributed by atoms with Crippen LogP contribution in [0.5, 0.6) is 11.5 Å². The maximum Gasteiger partial charge on any atom is 0.127 e. The molecule has 0 aliphatic rings. The fourth-order valence-corrected chi connectivity index (χ4v) is 2.28. The molecular weight excluding hydrogens is 256 g/mol. The molecule has 0 fully saturated rings. The summed E-state index contributed by atoms with van der Waals surface area (Å²) in [5.74, 6) is 1.80. The molecule has 0 unspecified atom stereocenters. The minimum atomic E-state index is 0.359. The monoisotopic (exact) mass is 282 g/mol. The highest BCUT2D eigenvalue weighted by molar-refractivity contribution is 5.34. The summed E-state index contributed by atoms with van der Waals surface area (Å²) in [5, 5.41) is 0. The van der Waals surface area contributed by atoms with Gasteiger partial charge in [0.1, 0.15) is 11.5 Å². The standard InChI is InChI=1S/C20H26O/c1-5-16-7-11-18(12-8-16)21-19-13-9-17(10-14-19)15-20(3,4)6-2/h7-14H,5-6,15H2,1-4H3. The average molecular weight is 282 g/mol. The molecule has 0 aliphatic heterocycles. The Labute approximate surface area is 129 Å². The van der Waals surface area contributed by atoms with E-state index in [1.54, 1.807) is 0 Å². The van der Waals surface area contributed by atoms with E-state index in [0.717, 1.165) is 24.3 Å². The average Bonchev–Trinajstić information content (AvgIpc) is 2.50. The molecule has 0 saturated carbocycles. The first-order chi connectivity index (χ1) is 10.0. The third-order valence-corrected chi connectivity index (χ3v) is 4.13. The molecule has 0 bridgehead atoms. The highest BCUT2D eigenvalue weighted by atomic mass is 16.5. The second kappa shape index (κ2) is 6.80. The largest absolute Gasteiger partial charge is 0.457 e. The number of benzene rings is 2. The van der Waals surface area contributed by atoms with Gasteiger partial charge >= 0.3 is 0 Å². The molecule has 0 heterocycles. The van der Waals surface area contributed by atoms with Gasteiger partial charge in [0, 0.05) is 0 Å². The van der Waals surface area contributed by atoms with Crippen LogP contribution < -0.4 is 4.74 Å². The lowest BCUT2D eigenvalue weighted by Gasteiger charge is -2.22. The van der Waals surface area contributed by atoms with Crippen LogP contribution in [0.25, 0.3) is 0 Å². The van der Waals surface area contributed by atoms with Crippen LogP contribution in [0, 0.1) is 5.41 Å². The van der Waals surface area contributed by atoms with Crippen molar-refractivity contribution in [2.24, 2.45) is 5.41 Å². The van der Waals surface area contributed by atoms with Gasteiger partial charge < -0.3 is 4.74 Å². The summed E-state index contributed by atoms with van der Waals surface area (Å²) in [6.07, 6.45) is 3.35. The Morgan fingerprint density at radius 2 is 1.24 bits per heavy atom. The van der Waals surface area contributed by atoms with Gasteiger partial charge in [-0.2, -0.15) is 0 Å². The van der Waals surface area contributed by atoms with Crippen LogP contribution in [0.4, 0.5) is 0 Å². The first-order valence-corrected chi connectivity index (χ1v) is 7.88. The topological polar surface area (TPSA) is 9.23 Å². The second-order valence-electron chi connectivity index (χ2n) is 6.44. The van der Waals surface area contributed by atoms with Gasteiger partial charge in [0.15, 0.2) is 0 Å². The molecule has 2 aromatic carbocycles. The van der Waals surface area contributed by atoms with Crippen LogP contribution >= 0.6 is 0 Å². The molecule has 0 saturated heterocycles. The molecule has 2 rings (SSSR count). The number of hydrogen-bond donors (Lipinski definition) is 0. The predicted octanol–water partition coefficient (Wildman–Crippen LogP) is 6.02. The Hall–Kier alpha value is -1.76. The lowest BCUT2D eigenvalue weighted by atomic mass is 9.83. The lowest BCUT2D eigenvalue weighted by molar-refractivity contribution is 0.349. The van der Waals surface area contributed by atoms with E-state index in [9.17, 15) is 0 Å². The molecule has 1 heteroatoms. The van der Waals surface area contributed by atoms with E-state index in [-0.39, 0.29) is 0 Å². The van der Waals surface area contributed by atoms with Crippen LogP contribution in [0.3, 0.4) is 0 Å². The van der Waals surface area contributed by atoms with E-state index in [1.165, 1.54) is 17.5 Å². The molecule has 2 aromatic rings. The summed E-state index contributed by atoms with van der Waals surface area (Å²) >= 11 is 0. The summed E-state index contributed by atoms with van der Waals surface area (Å²) in [6.45, 7) is 9.03. The predicted molar refractivity (Wildman–Crippen MR) is 90.1 cm³/mol. The number of ether oxygens (including phenoxy) is 1. The molecule has 0 spiro atoms. The van der Waals surface area contributed by atoms with Gasteiger partial charge in [-0.25, -0.2) is 0 Å². The van der Waals surface area contributed by atoms with E-state index in [4.69, 9.17) is 4.74 Å². The zero-order valence-corrected chi connectivity index (χ0v) is 13.6. The summed E-state index contributed by atoms with van der Waals surface area (Å²) in [7, 11) is 0. The minimum Gasteiger partial charge on any atom is -0.457 e. The van der Waals surface area contributed by atoms with Crippen LogP contribution in [0.15, 0.2) is 48.5 Å². The third-order valence-electron chi connectivity index (χ3n) is 4.13. The number of hydrogen-bond acceptors (Lipinski definition) is 1. The van der Waals surface area contributed by atoms with Crippen molar-refractivity contribution in [2.75, 3.05) is 0 Å².